The van der Waals surface area contributed by atoms with Crippen LogP contribution in [0.5, 0.6) is 17.2 Å². The molecule has 7 heteroatoms. The molecule has 1 aliphatic rings. The summed E-state index contributed by atoms with van der Waals surface area (Å²) in [5.41, 5.74) is 0.407. The molecule has 1 aromatic carbocycles. The third-order valence-electron chi connectivity index (χ3n) is 5.04. The molecule has 2 N–H and O–H groups in total. The predicted molar refractivity (Wildman–Crippen MR) is 99.8 cm³/mol. The Morgan fingerprint density at radius 2 is 1.85 bits per heavy atom. The average molecular weight is 375 g/mol. The Morgan fingerprint density at radius 1 is 1.11 bits per heavy atom. The second-order valence-corrected chi connectivity index (χ2v) is 6.53. The molecule has 1 amide bonds. The summed E-state index contributed by atoms with van der Waals surface area (Å²) in [6, 6.07) is 7.33. The van der Waals surface area contributed by atoms with E-state index in [9.17, 15) is 4.79 Å². The van der Waals surface area contributed by atoms with Crippen LogP contribution in [0.4, 0.5) is 0 Å². The van der Waals surface area contributed by atoms with Gasteiger partial charge in [0.1, 0.15) is 0 Å². The first kappa shape index (κ1) is 19.1. The summed E-state index contributed by atoms with van der Waals surface area (Å²) in [5.74, 6) is 1.95. The first-order valence-electron chi connectivity index (χ1n) is 9.14. The van der Waals surface area contributed by atoms with Crippen LogP contribution in [0.15, 0.2) is 34.9 Å². The van der Waals surface area contributed by atoms with Crippen LogP contribution >= 0.6 is 0 Å². The third kappa shape index (κ3) is 4.03. The van der Waals surface area contributed by atoms with E-state index < -0.39 is 0 Å². The minimum absolute atomic E-state index is 0.0950. The van der Waals surface area contributed by atoms with Crippen molar-refractivity contribution in [3.05, 3.63) is 41.9 Å². The summed E-state index contributed by atoms with van der Waals surface area (Å²) >= 11 is 0. The lowest BCUT2D eigenvalue weighted by Crippen LogP contribution is -3.11. The topological polar surface area (TPSA) is 74.4 Å². The van der Waals surface area contributed by atoms with Crippen LogP contribution in [0.3, 0.4) is 0 Å². The van der Waals surface area contributed by atoms with Gasteiger partial charge in [-0.1, -0.05) is 0 Å². The Labute approximate surface area is 159 Å². The summed E-state index contributed by atoms with van der Waals surface area (Å²) in [4.78, 5) is 14.3. The van der Waals surface area contributed by atoms with E-state index in [1.807, 2.05) is 12.1 Å². The molecule has 1 aromatic heterocycles. The maximum absolute atomic E-state index is 12.9. The fraction of sp³-hybridized carbons (Fsp3) is 0.450. The number of quaternary nitrogens is 1. The molecule has 0 bridgehead atoms. The van der Waals surface area contributed by atoms with Gasteiger partial charge in [0.05, 0.1) is 52.8 Å². The minimum Gasteiger partial charge on any atom is -0.493 e. The summed E-state index contributed by atoms with van der Waals surface area (Å²) in [7, 11) is 4.57. The second kappa shape index (κ2) is 8.81. The van der Waals surface area contributed by atoms with Crippen LogP contribution in [0.25, 0.3) is 0 Å². The molecule has 0 aliphatic carbocycles. The van der Waals surface area contributed by atoms with Crippen molar-refractivity contribution in [2.75, 3.05) is 41.0 Å². The van der Waals surface area contributed by atoms with E-state index in [1.54, 1.807) is 25.5 Å². The third-order valence-corrected chi connectivity index (χ3v) is 5.04. The molecule has 146 valence electrons. The van der Waals surface area contributed by atoms with Crippen molar-refractivity contribution < 1.29 is 28.3 Å². The maximum atomic E-state index is 12.9. The predicted octanol–water partition coefficient (Wildman–Crippen LogP) is 1.46. The number of likely N-dealkylation sites (tertiary alicyclic amines) is 1. The van der Waals surface area contributed by atoms with Gasteiger partial charge in [-0.2, -0.15) is 0 Å². The number of rotatable bonds is 8. The highest BCUT2D eigenvalue weighted by molar-refractivity contribution is 5.98. The minimum atomic E-state index is -0.219. The van der Waals surface area contributed by atoms with Gasteiger partial charge >= 0.3 is 0 Å². The monoisotopic (exact) mass is 375 g/mol. The van der Waals surface area contributed by atoms with Crippen LogP contribution in [-0.2, 0) is 0 Å². The molecule has 0 spiro atoms. The smallest absolute Gasteiger partial charge is 0.255 e. The Balaban J connectivity index is 1.78. The Morgan fingerprint density at radius 3 is 2.44 bits per heavy atom. The van der Waals surface area contributed by atoms with Gasteiger partial charge in [0.25, 0.3) is 5.91 Å². The van der Waals surface area contributed by atoms with Gasteiger partial charge < -0.3 is 28.8 Å². The van der Waals surface area contributed by atoms with Crippen molar-refractivity contribution in [3.63, 3.8) is 0 Å². The van der Waals surface area contributed by atoms with Gasteiger partial charge in [-0.15, -0.1) is 0 Å². The molecule has 1 fully saturated rings. The van der Waals surface area contributed by atoms with E-state index >= 15 is 0 Å². The van der Waals surface area contributed by atoms with Gasteiger partial charge in [-0.25, -0.2) is 0 Å². The lowest BCUT2D eigenvalue weighted by atomic mass is 10.1. The fourth-order valence-corrected chi connectivity index (χ4v) is 3.68. The molecule has 0 saturated carbocycles. The number of benzene rings is 1. The molecular formula is C20H27N2O5+. The molecule has 1 saturated heterocycles. The van der Waals surface area contributed by atoms with Crippen molar-refractivity contribution in [2.24, 2.45) is 0 Å². The van der Waals surface area contributed by atoms with E-state index in [0.717, 1.165) is 18.8 Å². The van der Waals surface area contributed by atoms with Crippen molar-refractivity contribution in [1.29, 1.82) is 0 Å². The molecule has 2 aromatic rings. The Bertz CT molecular complexity index is 754. The number of carbonyl (C=O) groups is 1. The summed E-state index contributed by atoms with van der Waals surface area (Å²) < 4.78 is 21.7. The zero-order valence-corrected chi connectivity index (χ0v) is 16.0. The molecular weight excluding hydrogens is 348 g/mol. The number of hydrogen-bond acceptors (Lipinski definition) is 5. The van der Waals surface area contributed by atoms with Crippen molar-refractivity contribution in [1.82, 2.24) is 5.32 Å². The number of furan rings is 1. The molecule has 3 rings (SSSR count). The number of methoxy groups -OCH3 is 3. The summed E-state index contributed by atoms with van der Waals surface area (Å²) in [5, 5.41) is 3.03. The van der Waals surface area contributed by atoms with Gasteiger partial charge in [-0.05, 0) is 24.3 Å². The zero-order chi connectivity index (χ0) is 19.2. The van der Waals surface area contributed by atoms with Crippen molar-refractivity contribution >= 4 is 5.91 Å². The highest BCUT2D eigenvalue weighted by Crippen LogP contribution is 2.39. The standard InChI is InChI=1S/C20H26N2O5/c1-24-17-9-8-14(18(25-2)19(17)26-3)20(23)21-13-15(16-7-6-12-27-16)22-10-4-5-11-22/h6-9,12,15H,4-5,10-11,13H2,1-3H3,(H,21,23)/p+1/t15-/m0/s1. The number of nitrogens with one attached hydrogen (secondary N) is 2. The van der Waals surface area contributed by atoms with Crippen molar-refractivity contribution in [2.45, 2.75) is 18.9 Å². The molecule has 1 aliphatic heterocycles. The quantitative estimate of drug-likeness (QED) is 0.731. The average Bonchev–Trinajstić information content (AvgIpc) is 3.41. The highest BCUT2D eigenvalue weighted by atomic mass is 16.5. The first-order chi connectivity index (χ1) is 13.2. The lowest BCUT2D eigenvalue weighted by Gasteiger charge is -2.23. The van der Waals surface area contributed by atoms with Crippen molar-refractivity contribution in [3.8, 4) is 17.2 Å². The van der Waals surface area contributed by atoms with E-state index in [0.29, 0.717) is 29.4 Å². The van der Waals surface area contributed by atoms with E-state index in [4.69, 9.17) is 18.6 Å². The molecule has 0 radical (unpaired) electrons. The molecule has 27 heavy (non-hydrogen) atoms. The molecule has 0 unspecified atom stereocenters. The van der Waals surface area contributed by atoms with Crippen LogP contribution in [0.1, 0.15) is 35.0 Å². The second-order valence-electron chi connectivity index (χ2n) is 6.53. The maximum Gasteiger partial charge on any atom is 0.255 e. The normalized spacial score (nSPS) is 15.4. The van der Waals surface area contributed by atoms with Gasteiger partial charge in [0.15, 0.2) is 23.3 Å². The van der Waals surface area contributed by atoms with Gasteiger partial charge in [-0.3, -0.25) is 4.79 Å². The summed E-state index contributed by atoms with van der Waals surface area (Å²) in [6.45, 7) is 2.65. The van der Waals surface area contributed by atoms with Crippen LogP contribution in [0.2, 0.25) is 0 Å². The number of ether oxygens (including phenoxy) is 3. The molecule has 2 heterocycles. The van der Waals surface area contributed by atoms with E-state index in [-0.39, 0.29) is 11.9 Å². The fourth-order valence-electron chi connectivity index (χ4n) is 3.68. The first-order valence-corrected chi connectivity index (χ1v) is 9.14. The van der Waals surface area contributed by atoms with E-state index in [1.165, 1.54) is 32.0 Å². The Hall–Kier alpha value is -2.67. The van der Waals surface area contributed by atoms with Gasteiger partial charge in [0.2, 0.25) is 5.75 Å². The number of hydrogen-bond donors (Lipinski definition) is 2. The highest BCUT2D eigenvalue weighted by Gasteiger charge is 2.30. The molecule has 1 atom stereocenters. The van der Waals surface area contributed by atoms with Crippen LogP contribution in [-0.4, -0.2) is 46.9 Å². The SMILES string of the molecule is COc1ccc(C(=O)NC[C@@H](c2ccco2)[NH+]2CCCC2)c(OC)c1OC. The van der Waals surface area contributed by atoms with Gasteiger partial charge in [0, 0.05) is 12.8 Å². The Kier molecular flexibility index (Phi) is 6.24. The zero-order valence-electron chi connectivity index (χ0n) is 16.0. The molecule has 7 nitrogen and oxygen atoms in total. The number of amides is 1. The van der Waals surface area contributed by atoms with Crippen LogP contribution in [0, 0.1) is 0 Å². The lowest BCUT2D eigenvalue weighted by molar-refractivity contribution is -0.919. The van der Waals surface area contributed by atoms with E-state index in [2.05, 4.69) is 5.32 Å². The largest absolute Gasteiger partial charge is 0.493 e. The van der Waals surface area contributed by atoms with Crippen LogP contribution < -0.4 is 24.4 Å². The number of carbonyl (C=O) groups excluding carboxylic acids is 1. The summed E-state index contributed by atoms with van der Waals surface area (Å²) in [6.07, 6.45) is 4.07.